The molecule has 0 N–H and O–H groups in total. The molecular weight excluding hydrogens is 180 g/mol. The van der Waals surface area contributed by atoms with E-state index in [0.29, 0.717) is 5.82 Å². The molecule has 76 valence electrons. The van der Waals surface area contributed by atoms with E-state index in [2.05, 4.69) is 17.1 Å². The van der Waals surface area contributed by atoms with Gasteiger partial charge in [-0.3, -0.25) is 4.79 Å². The van der Waals surface area contributed by atoms with Gasteiger partial charge in [-0.15, -0.1) is 0 Å². The molecule has 0 saturated heterocycles. The van der Waals surface area contributed by atoms with Crippen LogP contribution in [0.4, 0.5) is 0 Å². The van der Waals surface area contributed by atoms with Crippen molar-refractivity contribution in [2.24, 2.45) is 0 Å². The predicted molar refractivity (Wildman–Crippen MR) is 50.1 cm³/mol. The number of hydrogen-bond acceptors (Lipinski definition) is 4. The molecule has 2 rings (SSSR count). The maximum atomic E-state index is 11.0. The Bertz CT molecular complexity index is 351. The number of rotatable bonds is 2. The number of carbonyl (C=O) groups excluding carboxylic acids is 1. The van der Waals surface area contributed by atoms with Gasteiger partial charge < -0.3 is 4.52 Å². The van der Waals surface area contributed by atoms with Gasteiger partial charge in [-0.2, -0.15) is 4.98 Å². The van der Waals surface area contributed by atoms with Crippen molar-refractivity contribution in [3.8, 4) is 0 Å². The van der Waals surface area contributed by atoms with E-state index in [1.54, 1.807) is 0 Å². The third-order valence-corrected chi connectivity index (χ3v) is 2.97. The summed E-state index contributed by atoms with van der Waals surface area (Å²) >= 11 is 0. The van der Waals surface area contributed by atoms with Crippen molar-refractivity contribution in [3.63, 3.8) is 0 Å². The highest BCUT2D eigenvalue weighted by Crippen LogP contribution is 2.38. The van der Waals surface area contributed by atoms with E-state index in [0.717, 1.165) is 12.8 Å². The van der Waals surface area contributed by atoms with Gasteiger partial charge >= 0.3 is 0 Å². The Balaban J connectivity index is 2.28. The number of nitrogens with zero attached hydrogens (tertiary/aromatic N) is 2. The van der Waals surface area contributed by atoms with Crippen LogP contribution in [0.5, 0.6) is 0 Å². The second-order valence-corrected chi connectivity index (χ2v) is 4.25. The molecule has 1 aromatic rings. The molecule has 1 heterocycles. The lowest BCUT2D eigenvalue weighted by molar-refractivity contribution is 0.0972. The predicted octanol–water partition coefficient (Wildman–Crippen LogP) is 2.10. The van der Waals surface area contributed by atoms with Crippen molar-refractivity contribution in [1.82, 2.24) is 10.1 Å². The Hall–Kier alpha value is -1.19. The summed E-state index contributed by atoms with van der Waals surface area (Å²) in [5.41, 5.74) is 0.0250. The van der Waals surface area contributed by atoms with Gasteiger partial charge in [0.15, 0.2) is 5.82 Å². The fourth-order valence-electron chi connectivity index (χ4n) is 1.99. The zero-order chi connectivity index (χ0) is 10.2. The van der Waals surface area contributed by atoms with E-state index in [1.807, 2.05) is 0 Å². The lowest BCUT2D eigenvalue weighted by Gasteiger charge is -2.17. The molecule has 0 aromatic carbocycles. The summed E-state index contributed by atoms with van der Waals surface area (Å²) in [4.78, 5) is 15.1. The minimum absolute atomic E-state index is 0.0250. The molecule has 1 aliphatic carbocycles. The van der Waals surface area contributed by atoms with E-state index in [9.17, 15) is 4.79 Å². The summed E-state index contributed by atoms with van der Waals surface area (Å²) in [6, 6.07) is 0. The van der Waals surface area contributed by atoms with Crippen LogP contribution in [0, 0.1) is 0 Å². The molecule has 0 atom stereocenters. The van der Waals surface area contributed by atoms with E-state index in [-0.39, 0.29) is 17.1 Å². The minimum atomic E-state index is -0.162. The molecule has 0 unspecified atom stereocenters. The first-order valence-electron chi connectivity index (χ1n) is 4.97. The van der Waals surface area contributed by atoms with Gasteiger partial charge in [0.1, 0.15) is 0 Å². The summed E-state index contributed by atoms with van der Waals surface area (Å²) in [6.45, 7) is 3.57. The van der Waals surface area contributed by atoms with E-state index in [4.69, 9.17) is 4.52 Å². The highest BCUT2D eigenvalue weighted by Gasteiger charge is 2.35. The lowest BCUT2D eigenvalue weighted by Crippen LogP contribution is -2.18. The highest BCUT2D eigenvalue weighted by molar-refractivity contribution is 5.89. The smallest absolute Gasteiger partial charge is 0.293 e. The third-order valence-electron chi connectivity index (χ3n) is 2.97. The Morgan fingerprint density at radius 1 is 1.43 bits per heavy atom. The molecule has 1 aromatic heterocycles. The maximum Gasteiger partial charge on any atom is 0.293 e. The molecule has 0 radical (unpaired) electrons. The molecule has 4 nitrogen and oxygen atoms in total. The minimum Gasteiger partial charge on any atom is -0.331 e. The standard InChI is InChI=1S/C10H14N2O2/c1-7(13)8-11-9(12-14-8)10(2)5-3-4-6-10/h3-6H2,1-2H3. The van der Waals surface area contributed by atoms with Gasteiger partial charge in [0, 0.05) is 12.3 Å². The molecule has 14 heavy (non-hydrogen) atoms. The SMILES string of the molecule is CC(=O)c1nc(C2(C)CCCC2)no1. The zero-order valence-electron chi connectivity index (χ0n) is 8.54. The van der Waals surface area contributed by atoms with Crippen LogP contribution in [-0.4, -0.2) is 15.9 Å². The molecule has 0 aliphatic heterocycles. The van der Waals surface area contributed by atoms with Crippen LogP contribution < -0.4 is 0 Å². The van der Waals surface area contributed by atoms with Gasteiger partial charge in [-0.05, 0) is 12.8 Å². The number of hydrogen-bond donors (Lipinski definition) is 0. The quantitative estimate of drug-likeness (QED) is 0.676. The summed E-state index contributed by atoms with van der Waals surface area (Å²) < 4.78 is 4.89. The van der Waals surface area contributed by atoms with Crippen LogP contribution in [0.15, 0.2) is 4.52 Å². The first kappa shape index (κ1) is 9.37. The molecule has 0 bridgehead atoms. The van der Waals surface area contributed by atoms with Gasteiger partial charge in [0.2, 0.25) is 5.78 Å². The first-order valence-corrected chi connectivity index (χ1v) is 4.97. The second kappa shape index (κ2) is 3.19. The lowest BCUT2D eigenvalue weighted by atomic mass is 9.88. The van der Waals surface area contributed by atoms with Crippen LogP contribution in [-0.2, 0) is 5.41 Å². The number of aromatic nitrogens is 2. The van der Waals surface area contributed by atoms with Gasteiger partial charge in [-0.1, -0.05) is 24.9 Å². The number of Topliss-reactive ketones (excluding diaryl/α,β-unsaturated/α-hetero) is 1. The van der Waals surface area contributed by atoms with Crippen LogP contribution in [0.3, 0.4) is 0 Å². The Kier molecular flexibility index (Phi) is 2.13. The Morgan fingerprint density at radius 3 is 2.57 bits per heavy atom. The van der Waals surface area contributed by atoms with Crippen molar-refractivity contribution < 1.29 is 9.32 Å². The Morgan fingerprint density at radius 2 is 2.07 bits per heavy atom. The van der Waals surface area contributed by atoms with Gasteiger partial charge in [0.25, 0.3) is 5.89 Å². The average Bonchev–Trinajstić information content (AvgIpc) is 2.71. The summed E-state index contributed by atoms with van der Waals surface area (Å²) in [7, 11) is 0. The molecule has 1 saturated carbocycles. The maximum absolute atomic E-state index is 11.0. The largest absolute Gasteiger partial charge is 0.331 e. The first-order chi connectivity index (χ1) is 6.62. The van der Waals surface area contributed by atoms with Crippen molar-refractivity contribution in [2.45, 2.75) is 44.9 Å². The van der Waals surface area contributed by atoms with Crippen molar-refractivity contribution in [3.05, 3.63) is 11.7 Å². The Labute approximate surface area is 82.7 Å². The van der Waals surface area contributed by atoms with Crippen molar-refractivity contribution in [2.75, 3.05) is 0 Å². The second-order valence-electron chi connectivity index (χ2n) is 4.25. The van der Waals surface area contributed by atoms with Crippen molar-refractivity contribution in [1.29, 1.82) is 0 Å². The van der Waals surface area contributed by atoms with Crippen LogP contribution in [0.2, 0.25) is 0 Å². The monoisotopic (exact) mass is 194 g/mol. The summed E-state index contributed by atoms with van der Waals surface area (Å²) in [5, 5.41) is 3.88. The molecule has 0 spiro atoms. The third kappa shape index (κ3) is 1.45. The molecule has 0 amide bonds. The van der Waals surface area contributed by atoms with Gasteiger partial charge in [-0.25, -0.2) is 0 Å². The summed E-state index contributed by atoms with van der Waals surface area (Å²) in [6.07, 6.45) is 4.59. The number of ketones is 1. The van der Waals surface area contributed by atoms with Crippen LogP contribution in [0.1, 0.15) is 56.0 Å². The topological polar surface area (TPSA) is 56.0 Å². The molecule has 1 fully saturated rings. The number of carbonyl (C=O) groups is 1. The zero-order valence-corrected chi connectivity index (χ0v) is 8.54. The normalized spacial score (nSPS) is 19.9. The van der Waals surface area contributed by atoms with Crippen molar-refractivity contribution >= 4 is 5.78 Å². The van der Waals surface area contributed by atoms with Crippen LogP contribution in [0.25, 0.3) is 0 Å². The fraction of sp³-hybridized carbons (Fsp3) is 0.700. The average molecular weight is 194 g/mol. The highest BCUT2D eigenvalue weighted by atomic mass is 16.5. The van der Waals surface area contributed by atoms with Gasteiger partial charge in [0.05, 0.1) is 0 Å². The molecule has 1 aliphatic rings. The summed E-state index contributed by atoms with van der Waals surface area (Å²) in [5.74, 6) is 0.665. The molecular formula is C10H14N2O2. The fourth-order valence-corrected chi connectivity index (χ4v) is 1.99. The van der Waals surface area contributed by atoms with E-state index >= 15 is 0 Å². The van der Waals surface area contributed by atoms with E-state index < -0.39 is 0 Å². The van der Waals surface area contributed by atoms with Crippen LogP contribution >= 0.6 is 0 Å². The van der Waals surface area contributed by atoms with E-state index in [1.165, 1.54) is 19.8 Å². The molecule has 4 heteroatoms.